The van der Waals surface area contributed by atoms with E-state index in [2.05, 4.69) is 15.9 Å². The van der Waals surface area contributed by atoms with E-state index in [0.717, 1.165) is 0 Å². The zero-order valence-corrected chi connectivity index (χ0v) is 7.05. The number of aryl methyl sites for hydroxylation is 1. The topological polar surface area (TPSA) is 48.0 Å². The number of rotatable bonds is 0. The maximum atomic E-state index is 11.0. The van der Waals surface area contributed by atoms with E-state index in [4.69, 9.17) is 5.73 Å². The molecule has 4 heteroatoms. The molecule has 1 aromatic rings. The van der Waals surface area contributed by atoms with Crippen LogP contribution < -0.4 is 11.3 Å². The molecule has 0 saturated carbocycles. The Balaban J connectivity index is 3.50. The summed E-state index contributed by atoms with van der Waals surface area (Å²) in [4.78, 5) is 11.0. The van der Waals surface area contributed by atoms with E-state index in [1.807, 2.05) is 0 Å². The van der Waals surface area contributed by atoms with Crippen molar-refractivity contribution in [1.82, 2.24) is 4.57 Å². The second kappa shape index (κ2) is 2.46. The van der Waals surface area contributed by atoms with Crippen LogP contribution >= 0.6 is 15.9 Å². The first-order valence-electron chi connectivity index (χ1n) is 2.73. The first kappa shape index (κ1) is 7.34. The molecule has 0 aliphatic carbocycles. The Labute approximate surface area is 66.6 Å². The summed E-state index contributed by atoms with van der Waals surface area (Å²) in [5, 5.41) is 0. The van der Waals surface area contributed by atoms with Crippen LogP contribution in [0.1, 0.15) is 0 Å². The van der Waals surface area contributed by atoms with Crippen LogP contribution in [0.5, 0.6) is 0 Å². The summed E-state index contributed by atoms with van der Waals surface area (Å²) in [6, 6.07) is 1.67. The van der Waals surface area contributed by atoms with Gasteiger partial charge < -0.3 is 10.3 Å². The number of hydrogen-bond acceptors (Lipinski definition) is 2. The zero-order chi connectivity index (χ0) is 7.72. The van der Waals surface area contributed by atoms with E-state index in [0.29, 0.717) is 10.2 Å². The highest BCUT2D eigenvalue weighted by molar-refractivity contribution is 9.10. The summed E-state index contributed by atoms with van der Waals surface area (Å²) in [6.07, 6.45) is 1.63. The van der Waals surface area contributed by atoms with Gasteiger partial charge in [0.1, 0.15) is 4.47 Å². The number of halogens is 1. The fraction of sp³-hybridized carbons (Fsp3) is 0.167. The molecule has 1 aromatic heterocycles. The van der Waals surface area contributed by atoms with Gasteiger partial charge in [-0.25, -0.2) is 0 Å². The lowest BCUT2D eigenvalue weighted by molar-refractivity contribution is 0.855. The molecule has 3 nitrogen and oxygen atoms in total. The molecule has 0 spiro atoms. The van der Waals surface area contributed by atoms with Gasteiger partial charge in [0.25, 0.3) is 5.56 Å². The number of hydrogen-bond donors (Lipinski definition) is 1. The summed E-state index contributed by atoms with van der Waals surface area (Å²) in [7, 11) is 1.67. The summed E-state index contributed by atoms with van der Waals surface area (Å²) in [6.45, 7) is 0. The van der Waals surface area contributed by atoms with Gasteiger partial charge in [-0.05, 0) is 22.0 Å². The highest BCUT2D eigenvalue weighted by atomic mass is 79.9. The minimum Gasteiger partial charge on any atom is -0.398 e. The Morgan fingerprint density at radius 3 is 2.80 bits per heavy atom. The Kier molecular flexibility index (Phi) is 1.80. The van der Waals surface area contributed by atoms with Crippen molar-refractivity contribution in [2.75, 3.05) is 5.73 Å². The van der Waals surface area contributed by atoms with Gasteiger partial charge in [0.15, 0.2) is 0 Å². The van der Waals surface area contributed by atoms with Crippen molar-refractivity contribution >= 4 is 21.6 Å². The number of pyridine rings is 1. The van der Waals surface area contributed by atoms with E-state index in [9.17, 15) is 4.79 Å². The Bertz CT molecular complexity index is 305. The lowest BCUT2D eigenvalue weighted by atomic mass is 10.4. The van der Waals surface area contributed by atoms with Gasteiger partial charge in [0, 0.05) is 13.2 Å². The molecule has 0 unspecified atom stereocenters. The number of nitrogens with zero attached hydrogens (tertiary/aromatic N) is 1. The van der Waals surface area contributed by atoms with Crippen LogP contribution in [0.4, 0.5) is 5.69 Å². The molecule has 0 atom stereocenters. The van der Waals surface area contributed by atoms with Crippen molar-refractivity contribution in [3.8, 4) is 0 Å². The molecule has 0 aliphatic heterocycles. The minimum absolute atomic E-state index is 0.111. The molecular weight excluding hydrogens is 196 g/mol. The van der Waals surface area contributed by atoms with Crippen molar-refractivity contribution in [2.24, 2.45) is 7.05 Å². The second-order valence-electron chi connectivity index (χ2n) is 2.00. The van der Waals surface area contributed by atoms with Crippen LogP contribution in [0.2, 0.25) is 0 Å². The third-order valence-corrected chi connectivity index (χ3v) is 2.04. The van der Waals surface area contributed by atoms with E-state index >= 15 is 0 Å². The van der Waals surface area contributed by atoms with Crippen molar-refractivity contribution < 1.29 is 0 Å². The monoisotopic (exact) mass is 202 g/mol. The van der Waals surface area contributed by atoms with Gasteiger partial charge in [0.2, 0.25) is 0 Å². The third-order valence-electron chi connectivity index (χ3n) is 1.24. The summed E-state index contributed by atoms with van der Waals surface area (Å²) in [5.74, 6) is 0. The lowest BCUT2D eigenvalue weighted by Gasteiger charge is -1.98. The van der Waals surface area contributed by atoms with E-state index in [-0.39, 0.29) is 5.56 Å². The number of nitrogens with two attached hydrogens (primary N) is 1. The number of anilines is 1. The standard InChI is InChI=1S/C6H7BrN2O/c1-9-3-2-4(8)5(7)6(9)10/h2-3H,8H2,1H3. The zero-order valence-electron chi connectivity index (χ0n) is 5.47. The minimum atomic E-state index is -0.111. The smallest absolute Gasteiger partial charge is 0.266 e. The van der Waals surface area contributed by atoms with Crippen molar-refractivity contribution in [2.45, 2.75) is 0 Å². The normalized spacial score (nSPS) is 9.80. The molecule has 0 aromatic carbocycles. The molecule has 2 N–H and O–H groups in total. The van der Waals surface area contributed by atoms with Crippen LogP contribution in [0, 0.1) is 0 Å². The molecule has 0 radical (unpaired) electrons. The van der Waals surface area contributed by atoms with Gasteiger partial charge >= 0.3 is 0 Å². The average Bonchev–Trinajstić information content (AvgIpc) is 1.93. The Hall–Kier alpha value is -0.770. The first-order valence-corrected chi connectivity index (χ1v) is 3.53. The van der Waals surface area contributed by atoms with E-state index in [1.54, 1.807) is 19.3 Å². The molecule has 0 bridgehead atoms. The molecule has 54 valence electrons. The molecule has 1 rings (SSSR count). The maximum Gasteiger partial charge on any atom is 0.266 e. The predicted molar refractivity (Wildman–Crippen MR) is 43.8 cm³/mol. The summed E-state index contributed by atoms with van der Waals surface area (Å²) >= 11 is 3.07. The van der Waals surface area contributed by atoms with Crippen molar-refractivity contribution in [1.29, 1.82) is 0 Å². The summed E-state index contributed by atoms with van der Waals surface area (Å²) < 4.78 is 1.89. The van der Waals surface area contributed by atoms with Crippen LogP contribution in [0.25, 0.3) is 0 Å². The van der Waals surface area contributed by atoms with Crippen LogP contribution in [0.3, 0.4) is 0 Å². The van der Waals surface area contributed by atoms with Gasteiger partial charge in [-0.1, -0.05) is 0 Å². The van der Waals surface area contributed by atoms with Crippen molar-refractivity contribution in [3.63, 3.8) is 0 Å². The molecule has 10 heavy (non-hydrogen) atoms. The quantitative estimate of drug-likeness (QED) is 0.675. The van der Waals surface area contributed by atoms with Gasteiger partial charge in [-0.15, -0.1) is 0 Å². The van der Waals surface area contributed by atoms with Crippen molar-refractivity contribution in [3.05, 3.63) is 27.1 Å². The maximum absolute atomic E-state index is 11.0. The lowest BCUT2D eigenvalue weighted by Crippen LogP contribution is -2.17. The fourth-order valence-electron chi connectivity index (χ4n) is 0.611. The largest absolute Gasteiger partial charge is 0.398 e. The Morgan fingerprint density at radius 2 is 2.30 bits per heavy atom. The molecular formula is C6H7BrN2O. The number of nitrogen functional groups attached to an aromatic ring is 1. The van der Waals surface area contributed by atoms with Crippen LogP contribution in [-0.2, 0) is 7.05 Å². The first-order chi connectivity index (χ1) is 4.63. The predicted octanol–water partition coefficient (Wildman–Crippen LogP) is 0.730. The van der Waals surface area contributed by atoms with E-state index in [1.165, 1.54) is 4.57 Å². The molecule has 0 saturated heterocycles. The van der Waals surface area contributed by atoms with Gasteiger partial charge in [-0.2, -0.15) is 0 Å². The molecule has 0 amide bonds. The van der Waals surface area contributed by atoms with Crippen LogP contribution in [-0.4, -0.2) is 4.57 Å². The van der Waals surface area contributed by atoms with Crippen LogP contribution in [0.15, 0.2) is 21.5 Å². The third kappa shape index (κ3) is 1.07. The highest BCUT2D eigenvalue weighted by Gasteiger charge is 1.99. The molecule has 0 fully saturated rings. The van der Waals surface area contributed by atoms with Gasteiger partial charge in [-0.3, -0.25) is 4.79 Å². The Morgan fingerprint density at radius 1 is 1.70 bits per heavy atom. The molecule has 1 heterocycles. The SMILES string of the molecule is Cn1ccc(N)c(Br)c1=O. The number of aromatic nitrogens is 1. The second-order valence-corrected chi connectivity index (χ2v) is 2.79. The summed E-state index contributed by atoms with van der Waals surface area (Å²) in [5.41, 5.74) is 5.79. The fourth-order valence-corrected chi connectivity index (χ4v) is 1.02. The van der Waals surface area contributed by atoms with Gasteiger partial charge in [0.05, 0.1) is 5.69 Å². The molecule has 0 aliphatic rings. The van der Waals surface area contributed by atoms with E-state index < -0.39 is 0 Å². The highest BCUT2D eigenvalue weighted by Crippen LogP contribution is 2.11. The average molecular weight is 203 g/mol.